The molecule has 0 aliphatic heterocycles. The number of furan rings is 1. The second kappa shape index (κ2) is 12.0. The molecule has 2 aromatic carbocycles. The van der Waals surface area contributed by atoms with Gasteiger partial charge >= 0.3 is 0 Å². The molecule has 0 aliphatic carbocycles. The van der Waals surface area contributed by atoms with E-state index < -0.39 is 10.0 Å². The average molecular weight is 535 g/mol. The molecule has 7 nitrogen and oxygen atoms in total. The van der Waals surface area contributed by atoms with Crippen LogP contribution in [0.25, 0.3) is 0 Å². The van der Waals surface area contributed by atoms with Crippen molar-refractivity contribution in [2.24, 2.45) is 0 Å². The SMILES string of the molecule is CCCCCCOc1ccc(C(=O)Nc2ccc(S(=O)(=O)NCc3ccco3)cc2)cc1Br. The van der Waals surface area contributed by atoms with Crippen molar-refractivity contribution < 1.29 is 22.4 Å². The number of sulfonamides is 1. The summed E-state index contributed by atoms with van der Waals surface area (Å²) in [7, 11) is -3.70. The third-order valence-corrected chi connectivity index (χ3v) is 6.93. The molecule has 176 valence electrons. The van der Waals surface area contributed by atoms with Gasteiger partial charge in [0.1, 0.15) is 11.5 Å². The average Bonchev–Trinajstić information content (AvgIpc) is 3.33. The number of halogens is 1. The Morgan fingerprint density at radius 1 is 1.06 bits per heavy atom. The molecule has 0 bridgehead atoms. The van der Waals surface area contributed by atoms with Gasteiger partial charge in [0.15, 0.2) is 0 Å². The first-order valence-corrected chi connectivity index (χ1v) is 13.0. The number of ether oxygens (including phenoxy) is 1. The molecule has 0 aliphatic rings. The number of nitrogens with one attached hydrogen (secondary N) is 2. The number of hydrogen-bond donors (Lipinski definition) is 2. The van der Waals surface area contributed by atoms with E-state index in [4.69, 9.17) is 9.15 Å². The third kappa shape index (κ3) is 7.45. The molecule has 33 heavy (non-hydrogen) atoms. The van der Waals surface area contributed by atoms with Crippen LogP contribution in [-0.2, 0) is 16.6 Å². The quantitative estimate of drug-likeness (QED) is 0.289. The summed E-state index contributed by atoms with van der Waals surface area (Å²) in [6.45, 7) is 2.86. The number of carbonyl (C=O) groups is 1. The number of carbonyl (C=O) groups excluding carboxylic acids is 1. The summed E-state index contributed by atoms with van der Waals surface area (Å²) < 4.78 is 38.9. The van der Waals surface area contributed by atoms with Crippen LogP contribution in [0.5, 0.6) is 5.75 Å². The van der Waals surface area contributed by atoms with Crippen LogP contribution in [0.3, 0.4) is 0 Å². The van der Waals surface area contributed by atoms with Crippen molar-refractivity contribution in [3.8, 4) is 5.75 Å². The summed E-state index contributed by atoms with van der Waals surface area (Å²) in [5.41, 5.74) is 0.939. The zero-order valence-corrected chi connectivity index (χ0v) is 20.7. The smallest absolute Gasteiger partial charge is 0.255 e. The van der Waals surface area contributed by atoms with Gasteiger partial charge in [0.25, 0.3) is 5.91 Å². The lowest BCUT2D eigenvalue weighted by Gasteiger charge is -2.11. The third-order valence-electron chi connectivity index (χ3n) is 4.89. The lowest BCUT2D eigenvalue weighted by Crippen LogP contribution is -2.23. The van der Waals surface area contributed by atoms with E-state index >= 15 is 0 Å². The van der Waals surface area contributed by atoms with E-state index in [-0.39, 0.29) is 17.3 Å². The molecule has 0 atom stereocenters. The Bertz CT molecular complexity index is 1150. The first-order chi connectivity index (χ1) is 15.9. The highest BCUT2D eigenvalue weighted by atomic mass is 79.9. The van der Waals surface area contributed by atoms with Crippen LogP contribution in [0, 0.1) is 0 Å². The number of hydrogen-bond acceptors (Lipinski definition) is 5. The van der Waals surface area contributed by atoms with Crippen LogP contribution in [0.4, 0.5) is 5.69 Å². The molecule has 1 heterocycles. The molecule has 1 aromatic heterocycles. The van der Waals surface area contributed by atoms with Gasteiger partial charge in [0.2, 0.25) is 10.0 Å². The molecule has 0 fully saturated rings. The van der Waals surface area contributed by atoms with Crippen molar-refractivity contribution in [2.45, 2.75) is 44.0 Å². The van der Waals surface area contributed by atoms with Crippen LogP contribution in [0.15, 0.2) is 74.6 Å². The van der Waals surface area contributed by atoms with Crippen molar-refractivity contribution in [3.05, 3.63) is 76.7 Å². The maximum absolute atomic E-state index is 12.6. The number of amides is 1. The number of unbranched alkanes of at least 4 members (excludes halogenated alkanes) is 3. The van der Waals surface area contributed by atoms with Gasteiger partial charge in [0, 0.05) is 11.3 Å². The predicted molar refractivity (Wildman–Crippen MR) is 131 cm³/mol. The second-order valence-corrected chi connectivity index (χ2v) is 10.1. The van der Waals surface area contributed by atoms with E-state index in [2.05, 4.69) is 32.9 Å². The second-order valence-electron chi connectivity index (χ2n) is 7.44. The zero-order valence-electron chi connectivity index (χ0n) is 18.3. The monoisotopic (exact) mass is 534 g/mol. The van der Waals surface area contributed by atoms with Gasteiger partial charge in [-0.15, -0.1) is 0 Å². The van der Waals surface area contributed by atoms with Crippen molar-refractivity contribution in [3.63, 3.8) is 0 Å². The number of anilines is 1. The summed E-state index contributed by atoms with van der Waals surface area (Å²) in [6, 6.07) is 14.5. The molecule has 0 unspecified atom stereocenters. The molecule has 1 amide bonds. The van der Waals surface area contributed by atoms with Crippen molar-refractivity contribution in [1.82, 2.24) is 4.72 Å². The minimum atomic E-state index is -3.70. The Morgan fingerprint density at radius 3 is 2.52 bits per heavy atom. The highest BCUT2D eigenvalue weighted by Gasteiger charge is 2.15. The van der Waals surface area contributed by atoms with Crippen LogP contribution in [0.2, 0.25) is 0 Å². The van der Waals surface area contributed by atoms with Crippen LogP contribution < -0.4 is 14.8 Å². The van der Waals surface area contributed by atoms with Gasteiger partial charge < -0.3 is 14.5 Å². The Morgan fingerprint density at radius 2 is 1.85 bits per heavy atom. The Hall–Kier alpha value is -2.62. The van der Waals surface area contributed by atoms with E-state index in [0.29, 0.717) is 33.8 Å². The normalized spacial score (nSPS) is 11.3. The molecule has 3 aromatic rings. The van der Waals surface area contributed by atoms with Gasteiger partial charge in [-0.1, -0.05) is 26.2 Å². The Kier molecular flexibility index (Phi) is 9.11. The Balaban J connectivity index is 1.56. The summed E-state index contributed by atoms with van der Waals surface area (Å²) in [4.78, 5) is 12.7. The lowest BCUT2D eigenvalue weighted by molar-refractivity contribution is 0.102. The van der Waals surface area contributed by atoms with Crippen molar-refractivity contribution in [2.75, 3.05) is 11.9 Å². The van der Waals surface area contributed by atoms with E-state index in [0.717, 1.165) is 12.8 Å². The summed E-state index contributed by atoms with van der Waals surface area (Å²) in [5, 5.41) is 2.77. The molecule has 2 N–H and O–H groups in total. The Labute approximate surface area is 202 Å². The van der Waals surface area contributed by atoms with Crippen LogP contribution >= 0.6 is 15.9 Å². The molecular weight excluding hydrogens is 508 g/mol. The van der Waals surface area contributed by atoms with Crippen LogP contribution in [0.1, 0.15) is 48.7 Å². The van der Waals surface area contributed by atoms with E-state index in [1.807, 2.05) is 0 Å². The fourth-order valence-corrected chi connectivity index (χ4v) is 4.54. The first-order valence-electron chi connectivity index (χ1n) is 10.7. The number of benzene rings is 2. The zero-order chi connectivity index (χ0) is 23.7. The van der Waals surface area contributed by atoms with Gasteiger partial charge in [0.05, 0.1) is 28.8 Å². The van der Waals surface area contributed by atoms with E-state index in [9.17, 15) is 13.2 Å². The summed E-state index contributed by atoms with van der Waals surface area (Å²) in [6.07, 6.45) is 5.98. The molecular formula is C24H27BrN2O5S. The highest BCUT2D eigenvalue weighted by molar-refractivity contribution is 9.10. The van der Waals surface area contributed by atoms with Gasteiger partial charge in [-0.25, -0.2) is 13.1 Å². The topological polar surface area (TPSA) is 97.6 Å². The first kappa shape index (κ1) is 25.0. The highest BCUT2D eigenvalue weighted by Crippen LogP contribution is 2.27. The van der Waals surface area contributed by atoms with Gasteiger partial charge in [-0.05, 0) is 76.9 Å². The van der Waals surface area contributed by atoms with Crippen LogP contribution in [-0.4, -0.2) is 20.9 Å². The predicted octanol–water partition coefficient (Wildman–Crippen LogP) is 5.73. The molecule has 0 spiro atoms. The molecule has 3 rings (SSSR count). The lowest BCUT2D eigenvalue weighted by atomic mass is 10.2. The van der Waals surface area contributed by atoms with Crippen molar-refractivity contribution >= 4 is 37.5 Å². The fraction of sp³-hybridized carbons (Fsp3) is 0.292. The van der Waals surface area contributed by atoms with E-state index in [1.54, 1.807) is 42.5 Å². The van der Waals surface area contributed by atoms with E-state index in [1.165, 1.54) is 31.2 Å². The molecule has 0 radical (unpaired) electrons. The molecule has 0 saturated heterocycles. The summed E-state index contributed by atoms with van der Waals surface area (Å²) in [5.74, 6) is 0.901. The molecule has 9 heteroatoms. The van der Waals surface area contributed by atoms with Gasteiger partial charge in [-0.2, -0.15) is 0 Å². The standard InChI is InChI=1S/C24H27BrN2O5S/c1-2-3-4-5-14-32-23-13-8-18(16-22(23)25)24(28)27-19-9-11-21(12-10-19)33(29,30)26-17-20-7-6-15-31-20/h6-13,15-16,26H,2-5,14,17H2,1H3,(H,27,28). The fourth-order valence-electron chi connectivity index (χ4n) is 3.05. The van der Waals surface area contributed by atoms with Crippen molar-refractivity contribution in [1.29, 1.82) is 0 Å². The maximum Gasteiger partial charge on any atom is 0.255 e. The molecule has 0 saturated carbocycles. The minimum absolute atomic E-state index is 0.0567. The largest absolute Gasteiger partial charge is 0.492 e. The minimum Gasteiger partial charge on any atom is -0.492 e. The number of rotatable bonds is 12. The van der Waals surface area contributed by atoms with Gasteiger partial charge in [-0.3, -0.25) is 4.79 Å². The maximum atomic E-state index is 12.6. The summed E-state index contributed by atoms with van der Waals surface area (Å²) >= 11 is 3.46.